The smallest absolute Gasteiger partial charge is 0.319 e. The number of nitriles is 1. The van der Waals surface area contributed by atoms with Gasteiger partial charge < -0.3 is 25.8 Å². The van der Waals surface area contributed by atoms with E-state index in [1.54, 1.807) is 0 Å². The molecule has 6 heterocycles. The average Bonchev–Trinajstić information content (AvgIpc) is 3.64. The predicted molar refractivity (Wildman–Crippen MR) is 180 cm³/mol. The minimum absolute atomic E-state index is 0.00640. The molecule has 2 aromatic carbocycles. The monoisotopic (exact) mass is 679 g/mol. The Balaban J connectivity index is 1.36. The van der Waals surface area contributed by atoms with E-state index in [0.29, 0.717) is 36.7 Å². The average molecular weight is 680 g/mol. The lowest BCUT2D eigenvalue weighted by Crippen LogP contribution is -2.48. The second-order valence-corrected chi connectivity index (χ2v) is 15.0. The number of rotatable bonds is 4. The fourth-order valence-electron chi connectivity index (χ4n) is 8.58. The van der Waals surface area contributed by atoms with E-state index >= 15 is 8.78 Å². The molecule has 0 bridgehead atoms. The van der Waals surface area contributed by atoms with Gasteiger partial charge in [-0.3, -0.25) is 4.90 Å². The maximum absolute atomic E-state index is 17.3. The van der Waals surface area contributed by atoms with Crippen LogP contribution < -0.4 is 25.8 Å². The summed E-state index contributed by atoms with van der Waals surface area (Å²) in [6, 6.07) is 4.60. The molecule has 0 radical (unpaired) electrons. The van der Waals surface area contributed by atoms with Crippen LogP contribution in [0.4, 0.5) is 19.6 Å². The van der Waals surface area contributed by atoms with Gasteiger partial charge in [0.1, 0.15) is 34.8 Å². The first-order valence-corrected chi connectivity index (χ1v) is 17.6. The third-order valence-electron chi connectivity index (χ3n) is 10.6. The lowest BCUT2D eigenvalue weighted by Gasteiger charge is -2.37. The van der Waals surface area contributed by atoms with E-state index in [1.165, 1.54) is 12.1 Å². The van der Waals surface area contributed by atoms with Gasteiger partial charge in [-0.15, -0.1) is 11.3 Å². The predicted octanol–water partition coefficient (Wildman–Crippen LogP) is 6.62. The van der Waals surface area contributed by atoms with Crippen LogP contribution in [0.2, 0.25) is 5.02 Å². The molecule has 2 aromatic heterocycles. The largest absolute Gasteiger partial charge is 0.491 e. The van der Waals surface area contributed by atoms with Gasteiger partial charge in [-0.05, 0) is 56.2 Å². The molecule has 9 nitrogen and oxygen atoms in total. The number of halogens is 3. The van der Waals surface area contributed by atoms with E-state index in [4.69, 9.17) is 42.5 Å². The van der Waals surface area contributed by atoms with Gasteiger partial charge >= 0.3 is 6.01 Å². The highest BCUT2D eigenvalue weighted by Gasteiger charge is 2.48. The Morgan fingerprint density at radius 3 is 2.87 bits per heavy atom. The van der Waals surface area contributed by atoms with Crippen molar-refractivity contribution in [1.29, 1.82) is 5.26 Å². The molecule has 0 spiro atoms. The zero-order chi connectivity index (χ0) is 32.6. The molecule has 4 aliphatic rings. The Hall–Kier alpha value is -3.50. The Bertz CT molecular complexity index is 1970. The second-order valence-electron chi connectivity index (χ2n) is 13.6. The van der Waals surface area contributed by atoms with Crippen molar-refractivity contribution in [3.05, 3.63) is 34.4 Å². The third kappa shape index (κ3) is 4.80. The zero-order valence-corrected chi connectivity index (χ0v) is 27.7. The Labute approximate surface area is 280 Å². The van der Waals surface area contributed by atoms with Gasteiger partial charge in [0.05, 0.1) is 32.8 Å². The van der Waals surface area contributed by atoms with Gasteiger partial charge in [-0.1, -0.05) is 31.0 Å². The highest BCUT2D eigenvalue weighted by molar-refractivity contribution is 7.23. The summed E-state index contributed by atoms with van der Waals surface area (Å²) in [5, 5.41) is 10.6. The first-order valence-electron chi connectivity index (χ1n) is 16.4. The molecule has 3 saturated heterocycles. The Morgan fingerprint density at radius 1 is 1.19 bits per heavy atom. The number of nitrogens with zero attached hydrogens (tertiary/aromatic N) is 5. The van der Waals surface area contributed by atoms with Crippen molar-refractivity contribution in [3.63, 3.8) is 0 Å². The van der Waals surface area contributed by atoms with Crippen LogP contribution in [-0.2, 0) is 0 Å². The van der Waals surface area contributed by atoms with Crippen molar-refractivity contribution in [3.8, 4) is 29.0 Å². The van der Waals surface area contributed by atoms with Crippen molar-refractivity contribution < 1.29 is 18.3 Å². The summed E-state index contributed by atoms with van der Waals surface area (Å²) in [5.74, 6) is -0.0191. The molecule has 0 amide bonds. The molecule has 47 heavy (non-hydrogen) atoms. The van der Waals surface area contributed by atoms with Crippen molar-refractivity contribution in [1.82, 2.24) is 14.9 Å². The van der Waals surface area contributed by atoms with E-state index < -0.39 is 11.6 Å². The molecule has 3 unspecified atom stereocenters. The summed E-state index contributed by atoms with van der Waals surface area (Å²) in [5.41, 5.74) is 13.0. The second kappa shape index (κ2) is 11.6. The molecule has 3 fully saturated rings. The van der Waals surface area contributed by atoms with Crippen LogP contribution in [0.1, 0.15) is 57.4 Å². The van der Waals surface area contributed by atoms with Crippen LogP contribution in [0.5, 0.6) is 11.8 Å². The SMILES string of the molecule is C[C@H]1CN2CCCC2(COc2nc3c4c(c(Cl)c(-c5ccc(F)c6sc(N)c(C#N)c56)c(F)c4n2)OCCC2C(N)CCCCN32)C1. The molecule has 4 N–H and O–H groups in total. The van der Waals surface area contributed by atoms with Crippen molar-refractivity contribution in [2.45, 2.75) is 69.5 Å². The molecule has 0 saturated carbocycles. The van der Waals surface area contributed by atoms with Crippen LogP contribution in [-0.4, -0.2) is 65.3 Å². The molecule has 0 aliphatic carbocycles. The lowest BCUT2D eigenvalue weighted by molar-refractivity contribution is 0.107. The fourth-order valence-corrected chi connectivity index (χ4v) is 9.86. The maximum atomic E-state index is 17.3. The molecular formula is C34H36ClF2N7O2S. The van der Waals surface area contributed by atoms with Crippen molar-refractivity contribution in [2.75, 3.05) is 43.5 Å². The normalized spacial score (nSPS) is 26.0. The lowest BCUT2D eigenvalue weighted by atomic mass is 9.92. The first-order chi connectivity index (χ1) is 22.7. The number of anilines is 2. The minimum atomic E-state index is -0.737. The van der Waals surface area contributed by atoms with Gasteiger partial charge in [0.15, 0.2) is 11.6 Å². The molecular weight excluding hydrogens is 644 g/mol. The fraction of sp³-hybridized carbons (Fsp3) is 0.500. The molecule has 246 valence electrons. The first kappa shape index (κ1) is 30.8. The highest BCUT2D eigenvalue weighted by atomic mass is 35.5. The van der Waals surface area contributed by atoms with Gasteiger partial charge in [-0.2, -0.15) is 15.2 Å². The van der Waals surface area contributed by atoms with E-state index in [9.17, 15) is 5.26 Å². The number of thiophene rings is 1. The van der Waals surface area contributed by atoms with Crippen molar-refractivity contribution >= 4 is 54.7 Å². The summed E-state index contributed by atoms with van der Waals surface area (Å²) < 4.78 is 45.2. The van der Waals surface area contributed by atoms with E-state index in [2.05, 4.69) is 22.8 Å². The molecule has 4 atom stereocenters. The summed E-state index contributed by atoms with van der Waals surface area (Å²) in [6.45, 7) is 5.69. The molecule has 13 heteroatoms. The van der Waals surface area contributed by atoms with E-state index in [1.807, 2.05) is 0 Å². The maximum Gasteiger partial charge on any atom is 0.319 e. The summed E-state index contributed by atoms with van der Waals surface area (Å²) in [7, 11) is 0. The van der Waals surface area contributed by atoms with Gasteiger partial charge in [0, 0.05) is 42.5 Å². The van der Waals surface area contributed by atoms with Gasteiger partial charge in [0.2, 0.25) is 0 Å². The number of ether oxygens (including phenoxy) is 2. The number of fused-ring (bicyclic) bond motifs is 4. The van der Waals surface area contributed by atoms with Crippen molar-refractivity contribution in [2.24, 2.45) is 11.7 Å². The number of nitrogen functional groups attached to an aromatic ring is 1. The summed E-state index contributed by atoms with van der Waals surface area (Å²) in [4.78, 5) is 14.3. The number of aromatic nitrogens is 2. The van der Waals surface area contributed by atoms with Gasteiger partial charge in [0.25, 0.3) is 0 Å². The molecule has 8 rings (SSSR count). The number of nitrogens with two attached hydrogens (primary N) is 2. The van der Waals surface area contributed by atoms with Crippen LogP contribution in [0.3, 0.4) is 0 Å². The number of hydrogen-bond donors (Lipinski definition) is 2. The zero-order valence-electron chi connectivity index (χ0n) is 26.1. The van der Waals surface area contributed by atoms with Crippen LogP contribution >= 0.6 is 22.9 Å². The molecule has 4 aliphatic heterocycles. The minimum Gasteiger partial charge on any atom is -0.491 e. The Morgan fingerprint density at radius 2 is 2.04 bits per heavy atom. The summed E-state index contributed by atoms with van der Waals surface area (Å²) in [6.07, 6.45) is 6.50. The number of benzene rings is 2. The molecule has 4 aromatic rings. The Kier molecular flexibility index (Phi) is 7.59. The standard InChI is InChI=1S/C34H36ClF2N7O2S/c1-17-13-34(9-4-10-43(34)15-17)16-46-33-41-28-25-29(45-12-8-22-21(39)5-2-3-11-44(22)32(25)42-33)26(35)24(27(28)37)18-6-7-20(36)30-23(18)19(14-38)31(40)47-30/h6-7,17,21-22H,2-5,8-13,15-16,39-40H2,1H3/t17-,21?,22?,34?/m1/s1. The van der Waals surface area contributed by atoms with Crippen LogP contribution in [0.25, 0.3) is 32.1 Å². The highest BCUT2D eigenvalue weighted by Crippen LogP contribution is 2.51. The van der Waals surface area contributed by atoms with E-state index in [-0.39, 0.29) is 78.3 Å². The van der Waals surface area contributed by atoms with Crippen LogP contribution in [0, 0.1) is 28.9 Å². The third-order valence-corrected chi connectivity index (χ3v) is 12.0. The summed E-state index contributed by atoms with van der Waals surface area (Å²) >= 11 is 8.04. The quantitative estimate of drug-likeness (QED) is 0.245. The number of hydrogen-bond acceptors (Lipinski definition) is 10. The van der Waals surface area contributed by atoms with Crippen LogP contribution in [0.15, 0.2) is 12.1 Å². The van der Waals surface area contributed by atoms with E-state index in [0.717, 1.165) is 63.0 Å². The topological polar surface area (TPSA) is 127 Å². The van der Waals surface area contributed by atoms with Gasteiger partial charge in [-0.25, -0.2) is 8.78 Å².